The van der Waals surface area contributed by atoms with Crippen molar-refractivity contribution in [2.24, 2.45) is 7.05 Å². The fourth-order valence-electron chi connectivity index (χ4n) is 1.13. The van der Waals surface area contributed by atoms with Crippen LogP contribution in [0.25, 0.3) is 0 Å². The van der Waals surface area contributed by atoms with E-state index in [9.17, 15) is 4.79 Å². The molecule has 2 rings (SSSR count). The lowest BCUT2D eigenvalue weighted by Gasteiger charge is -2.01. The molecular formula is C9H10N4O2S. The normalized spacial score (nSPS) is 10.1. The minimum Gasteiger partial charge on any atom is -0.465 e. The predicted octanol–water partition coefficient (Wildman–Crippen LogP) is 1.41. The summed E-state index contributed by atoms with van der Waals surface area (Å²) in [5, 5.41) is 7.69. The second kappa shape index (κ2) is 4.31. The van der Waals surface area contributed by atoms with E-state index < -0.39 is 0 Å². The average Bonchev–Trinajstić information content (AvgIpc) is 2.89. The summed E-state index contributed by atoms with van der Waals surface area (Å²) in [5.41, 5.74) is 0. The first-order valence-electron chi connectivity index (χ1n) is 4.50. The van der Waals surface area contributed by atoms with Crippen LogP contribution in [0.15, 0.2) is 18.5 Å². The zero-order valence-corrected chi connectivity index (χ0v) is 9.61. The lowest BCUT2D eigenvalue weighted by Crippen LogP contribution is -1.98. The van der Waals surface area contributed by atoms with Crippen LogP contribution in [0.2, 0.25) is 0 Å². The number of hydrogen-bond acceptors (Lipinski definition) is 6. The minimum atomic E-state index is -0.379. The van der Waals surface area contributed by atoms with E-state index in [-0.39, 0.29) is 5.97 Å². The summed E-state index contributed by atoms with van der Waals surface area (Å²) in [6.45, 7) is 0. The number of hydrogen-bond donors (Lipinski definition) is 1. The molecular weight excluding hydrogens is 228 g/mol. The molecule has 7 heteroatoms. The highest BCUT2D eigenvalue weighted by molar-refractivity contribution is 7.17. The van der Waals surface area contributed by atoms with Gasteiger partial charge in [-0.2, -0.15) is 5.10 Å². The van der Waals surface area contributed by atoms with Crippen LogP contribution in [-0.2, 0) is 11.8 Å². The summed E-state index contributed by atoms with van der Waals surface area (Å²) < 4.78 is 6.27. The quantitative estimate of drug-likeness (QED) is 0.819. The maximum atomic E-state index is 11.2. The second-order valence-electron chi connectivity index (χ2n) is 2.99. The lowest BCUT2D eigenvalue weighted by atomic mass is 10.6. The SMILES string of the molecule is COC(=O)c1cnc(Nc2ccnn2C)s1. The van der Waals surface area contributed by atoms with E-state index in [1.165, 1.54) is 24.6 Å². The Morgan fingerprint density at radius 2 is 2.44 bits per heavy atom. The van der Waals surface area contributed by atoms with E-state index in [1.807, 2.05) is 13.1 Å². The summed E-state index contributed by atoms with van der Waals surface area (Å²) in [6.07, 6.45) is 3.16. The number of methoxy groups -OCH3 is 1. The van der Waals surface area contributed by atoms with Crippen molar-refractivity contribution in [1.82, 2.24) is 14.8 Å². The average molecular weight is 238 g/mol. The van der Waals surface area contributed by atoms with Crippen LogP contribution in [-0.4, -0.2) is 27.8 Å². The molecule has 0 atom stereocenters. The van der Waals surface area contributed by atoms with Gasteiger partial charge in [0.25, 0.3) is 0 Å². The number of thiazole rings is 1. The van der Waals surface area contributed by atoms with Gasteiger partial charge in [0.2, 0.25) is 0 Å². The highest BCUT2D eigenvalue weighted by atomic mass is 32.1. The molecule has 6 nitrogen and oxygen atoms in total. The fraction of sp³-hybridized carbons (Fsp3) is 0.222. The van der Waals surface area contributed by atoms with Crippen LogP contribution in [0.5, 0.6) is 0 Å². The zero-order chi connectivity index (χ0) is 11.5. The molecule has 0 spiro atoms. The number of esters is 1. The molecule has 2 heterocycles. The number of carbonyl (C=O) groups is 1. The molecule has 0 aliphatic carbocycles. The van der Waals surface area contributed by atoms with Gasteiger partial charge in [0, 0.05) is 13.1 Å². The highest BCUT2D eigenvalue weighted by Gasteiger charge is 2.11. The fourth-order valence-corrected chi connectivity index (χ4v) is 1.87. The monoisotopic (exact) mass is 238 g/mol. The molecule has 0 saturated carbocycles. The van der Waals surface area contributed by atoms with Gasteiger partial charge >= 0.3 is 5.97 Å². The third-order valence-electron chi connectivity index (χ3n) is 1.95. The maximum Gasteiger partial charge on any atom is 0.349 e. The Balaban J connectivity index is 2.14. The highest BCUT2D eigenvalue weighted by Crippen LogP contribution is 2.22. The van der Waals surface area contributed by atoms with E-state index >= 15 is 0 Å². The number of carbonyl (C=O) groups excluding carboxylic acids is 1. The molecule has 0 aromatic carbocycles. The number of nitrogens with zero attached hydrogens (tertiary/aromatic N) is 3. The molecule has 0 aliphatic heterocycles. The van der Waals surface area contributed by atoms with Crippen molar-refractivity contribution in [2.45, 2.75) is 0 Å². The van der Waals surface area contributed by atoms with Crippen molar-refractivity contribution >= 4 is 28.3 Å². The second-order valence-corrected chi connectivity index (χ2v) is 4.02. The van der Waals surface area contributed by atoms with Gasteiger partial charge in [-0.05, 0) is 0 Å². The smallest absolute Gasteiger partial charge is 0.349 e. The summed E-state index contributed by atoms with van der Waals surface area (Å²) >= 11 is 1.23. The molecule has 0 radical (unpaired) electrons. The van der Waals surface area contributed by atoms with Gasteiger partial charge in [-0.1, -0.05) is 11.3 Å². The first-order chi connectivity index (χ1) is 7.70. The van der Waals surface area contributed by atoms with Gasteiger partial charge in [-0.15, -0.1) is 0 Å². The number of aromatic nitrogens is 3. The predicted molar refractivity (Wildman–Crippen MR) is 59.9 cm³/mol. The Labute approximate surface area is 95.9 Å². The van der Waals surface area contributed by atoms with Crippen molar-refractivity contribution < 1.29 is 9.53 Å². The Kier molecular flexibility index (Phi) is 2.86. The third-order valence-corrected chi connectivity index (χ3v) is 2.84. The molecule has 84 valence electrons. The van der Waals surface area contributed by atoms with Gasteiger partial charge in [0.1, 0.15) is 10.7 Å². The molecule has 2 aromatic heterocycles. The Morgan fingerprint density at radius 3 is 3.06 bits per heavy atom. The van der Waals surface area contributed by atoms with E-state index in [2.05, 4.69) is 20.1 Å². The Bertz CT molecular complexity index is 505. The molecule has 0 saturated heterocycles. The summed E-state index contributed by atoms with van der Waals surface area (Å²) in [7, 11) is 3.16. The van der Waals surface area contributed by atoms with Gasteiger partial charge in [0.15, 0.2) is 5.13 Å². The summed E-state index contributed by atoms with van der Waals surface area (Å²) in [4.78, 5) is 15.7. The maximum absolute atomic E-state index is 11.2. The standard InChI is InChI=1S/C9H10N4O2S/c1-13-7(3-4-11-13)12-9-10-5-6(16-9)8(14)15-2/h3-5H,1-2H3,(H,10,12). The van der Waals surface area contributed by atoms with Crippen LogP contribution in [0, 0.1) is 0 Å². The first-order valence-corrected chi connectivity index (χ1v) is 5.31. The number of nitrogens with one attached hydrogen (secondary N) is 1. The van der Waals surface area contributed by atoms with E-state index in [1.54, 1.807) is 10.9 Å². The van der Waals surface area contributed by atoms with Crippen LogP contribution in [0.1, 0.15) is 9.67 Å². The number of rotatable bonds is 3. The first kappa shape index (κ1) is 10.6. The molecule has 2 aromatic rings. The topological polar surface area (TPSA) is 69.0 Å². The van der Waals surface area contributed by atoms with Gasteiger partial charge in [0.05, 0.1) is 19.5 Å². The number of aryl methyl sites for hydroxylation is 1. The molecule has 0 unspecified atom stereocenters. The van der Waals surface area contributed by atoms with Crippen molar-refractivity contribution in [3.63, 3.8) is 0 Å². The number of anilines is 2. The molecule has 0 bridgehead atoms. The minimum absolute atomic E-state index is 0.379. The molecule has 0 aliphatic rings. The van der Waals surface area contributed by atoms with Crippen molar-refractivity contribution in [3.05, 3.63) is 23.3 Å². The van der Waals surface area contributed by atoms with Crippen LogP contribution in [0.3, 0.4) is 0 Å². The Morgan fingerprint density at radius 1 is 1.62 bits per heavy atom. The molecule has 16 heavy (non-hydrogen) atoms. The molecule has 0 fully saturated rings. The largest absolute Gasteiger partial charge is 0.465 e. The van der Waals surface area contributed by atoms with Gasteiger partial charge in [-0.25, -0.2) is 9.78 Å². The van der Waals surface area contributed by atoms with E-state index in [4.69, 9.17) is 0 Å². The zero-order valence-electron chi connectivity index (χ0n) is 8.80. The molecule has 1 N–H and O–H groups in total. The Hall–Kier alpha value is -1.89. The van der Waals surface area contributed by atoms with Gasteiger partial charge < -0.3 is 10.1 Å². The van der Waals surface area contributed by atoms with Crippen molar-refractivity contribution in [1.29, 1.82) is 0 Å². The van der Waals surface area contributed by atoms with E-state index in [0.29, 0.717) is 10.0 Å². The third kappa shape index (κ3) is 2.03. The van der Waals surface area contributed by atoms with E-state index in [0.717, 1.165) is 5.82 Å². The lowest BCUT2D eigenvalue weighted by molar-refractivity contribution is 0.0606. The summed E-state index contributed by atoms with van der Waals surface area (Å²) in [5.74, 6) is 0.432. The molecule has 0 amide bonds. The van der Waals surface area contributed by atoms with Crippen molar-refractivity contribution in [3.8, 4) is 0 Å². The van der Waals surface area contributed by atoms with Crippen LogP contribution < -0.4 is 5.32 Å². The van der Waals surface area contributed by atoms with Crippen LogP contribution in [0.4, 0.5) is 10.9 Å². The summed E-state index contributed by atoms with van der Waals surface area (Å²) in [6, 6.07) is 1.82. The van der Waals surface area contributed by atoms with Crippen LogP contribution >= 0.6 is 11.3 Å². The number of ether oxygens (including phenoxy) is 1. The van der Waals surface area contributed by atoms with Crippen molar-refractivity contribution in [2.75, 3.05) is 12.4 Å². The van der Waals surface area contributed by atoms with Gasteiger partial charge in [-0.3, -0.25) is 4.68 Å².